The molecule has 3 aromatic rings. The fourth-order valence-electron chi connectivity index (χ4n) is 2.40. The minimum atomic E-state index is 0.355. The zero-order valence-electron chi connectivity index (χ0n) is 14.0. The first kappa shape index (κ1) is 16.8. The van der Waals surface area contributed by atoms with Gasteiger partial charge in [-0.3, -0.25) is 0 Å². The van der Waals surface area contributed by atoms with Gasteiger partial charge in [0.25, 0.3) is 0 Å². The number of nitrogens with one attached hydrogen (secondary N) is 2. The van der Waals surface area contributed by atoms with Crippen LogP contribution in [0.3, 0.4) is 0 Å². The Bertz CT molecular complexity index is 885. The Balaban J connectivity index is 1.81. The van der Waals surface area contributed by atoms with E-state index in [2.05, 4.69) is 15.8 Å². The lowest BCUT2D eigenvalue weighted by Crippen LogP contribution is -2.19. The summed E-state index contributed by atoms with van der Waals surface area (Å²) in [5, 5.41) is 11.3. The number of fused-ring (bicyclic) bond motifs is 1. The van der Waals surface area contributed by atoms with E-state index < -0.39 is 0 Å². The fourth-order valence-corrected chi connectivity index (χ4v) is 2.61. The number of hydrogen-bond acceptors (Lipinski definition) is 6. The van der Waals surface area contributed by atoms with Gasteiger partial charge in [0.2, 0.25) is 5.75 Å². The van der Waals surface area contributed by atoms with E-state index in [-0.39, 0.29) is 0 Å². The van der Waals surface area contributed by atoms with Gasteiger partial charge in [0, 0.05) is 17.8 Å². The number of thiocarbonyl (C=S) groups is 1. The Morgan fingerprint density at radius 2 is 1.68 bits per heavy atom. The largest absolute Gasteiger partial charge is 0.493 e. The third-order valence-electron chi connectivity index (χ3n) is 3.53. The van der Waals surface area contributed by atoms with Crippen molar-refractivity contribution >= 4 is 39.8 Å². The van der Waals surface area contributed by atoms with E-state index in [4.69, 9.17) is 31.0 Å². The van der Waals surface area contributed by atoms with Crippen LogP contribution >= 0.6 is 12.2 Å². The number of ether oxygens (including phenoxy) is 3. The van der Waals surface area contributed by atoms with Gasteiger partial charge in [0.15, 0.2) is 28.0 Å². The summed E-state index contributed by atoms with van der Waals surface area (Å²) in [6, 6.07) is 11.0. The van der Waals surface area contributed by atoms with Crippen molar-refractivity contribution in [3.63, 3.8) is 0 Å². The number of aromatic nitrogens is 1. The zero-order chi connectivity index (χ0) is 17.8. The highest BCUT2D eigenvalue weighted by atomic mass is 32.1. The first-order valence-corrected chi connectivity index (χ1v) is 7.79. The van der Waals surface area contributed by atoms with Crippen LogP contribution in [0, 0.1) is 0 Å². The van der Waals surface area contributed by atoms with Crippen molar-refractivity contribution in [3.05, 3.63) is 36.4 Å². The molecule has 1 aromatic heterocycles. The van der Waals surface area contributed by atoms with Crippen molar-refractivity contribution in [2.75, 3.05) is 32.0 Å². The zero-order valence-corrected chi connectivity index (χ0v) is 14.8. The van der Waals surface area contributed by atoms with Crippen molar-refractivity contribution in [2.24, 2.45) is 0 Å². The molecule has 0 bridgehead atoms. The molecule has 2 N–H and O–H groups in total. The summed E-state index contributed by atoms with van der Waals surface area (Å²) in [5.74, 6) is 2.11. The third-order valence-corrected chi connectivity index (χ3v) is 3.74. The molecule has 7 nitrogen and oxygen atoms in total. The van der Waals surface area contributed by atoms with Gasteiger partial charge in [-0.15, -0.1) is 0 Å². The maximum atomic E-state index is 5.35. The number of anilines is 2. The molecule has 8 heteroatoms. The van der Waals surface area contributed by atoms with Gasteiger partial charge in [0.05, 0.1) is 26.7 Å². The van der Waals surface area contributed by atoms with E-state index in [1.807, 2.05) is 24.3 Å². The summed E-state index contributed by atoms with van der Waals surface area (Å²) in [4.78, 5) is 0. The predicted octanol–water partition coefficient (Wildman–Crippen LogP) is 3.66. The lowest BCUT2D eigenvalue weighted by molar-refractivity contribution is 0.324. The molecule has 0 aliphatic heterocycles. The fraction of sp³-hybridized carbons (Fsp3) is 0.176. The third kappa shape index (κ3) is 3.43. The quantitative estimate of drug-likeness (QED) is 0.668. The number of para-hydroxylation sites is 1. The van der Waals surface area contributed by atoms with E-state index in [0.717, 1.165) is 5.39 Å². The standard InChI is InChI=1S/C17H17N3O4S/c1-21-13-8-10(9-14(22-2)15(13)23-3)18-17(25)19-16-11-6-4-5-7-12(11)24-20-16/h4-9H,1-3H3,(H2,18,19,20,25). The second-order valence-electron chi connectivity index (χ2n) is 5.02. The number of methoxy groups -OCH3 is 3. The van der Waals surface area contributed by atoms with Crippen LogP contribution in [-0.4, -0.2) is 31.6 Å². The van der Waals surface area contributed by atoms with Crippen LogP contribution in [0.1, 0.15) is 0 Å². The van der Waals surface area contributed by atoms with Gasteiger partial charge in [-0.2, -0.15) is 0 Å². The molecule has 0 saturated carbocycles. The minimum Gasteiger partial charge on any atom is -0.493 e. The van der Waals surface area contributed by atoms with Crippen LogP contribution in [0.4, 0.5) is 11.5 Å². The van der Waals surface area contributed by atoms with E-state index in [0.29, 0.717) is 39.4 Å². The molecule has 2 aromatic carbocycles. The molecule has 0 aliphatic rings. The Kier molecular flexibility index (Phi) is 4.90. The Hall–Kier alpha value is -3.00. The Morgan fingerprint density at radius 3 is 2.32 bits per heavy atom. The topological polar surface area (TPSA) is 77.8 Å². The van der Waals surface area contributed by atoms with Gasteiger partial charge in [-0.05, 0) is 24.4 Å². The van der Waals surface area contributed by atoms with E-state index in [1.165, 1.54) is 0 Å². The molecule has 1 heterocycles. The molecular formula is C17H17N3O4S. The van der Waals surface area contributed by atoms with Gasteiger partial charge >= 0.3 is 0 Å². The summed E-state index contributed by atoms with van der Waals surface area (Å²) in [5.41, 5.74) is 1.36. The number of nitrogens with zero attached hydrogens (tertiary/aromatic N) is 1. The summed E-state index contributed by atoms with van der Waals surface area (Å²) < 4.78 is 21.2. The van der Waals surface area contributed by atoms with Gasteiger partial charge in [-0.25, -0.2) is 0 Å². The van der Waals surface area contributed by atoms with Crippen LogP contribution in [0.2, 0.25) is 0 Å². The highest BCUT2D eigenvalue weighted by Gasteiger charge is 2.14. The minimum absolute atomic E-state index is 0.355. The molecular weight excluding hydrogens is 342 g/mol. The predicted molar refractivity (Wildman–Crippen MR) is 100.0 cm³/mol. The molecule has 0 unspecified atom stereocenters. The molecule has 0 spiro atoms. The average Bonchev–Trinajstić information content (AvgIpc) is 3.03. The molecule has 0 aliphatic carbocycles. The monoisotopic (exact) mass is 359 g/mol. The number of benzene rings is 2. The van der Waals surface area contributed by atoms with Crippen molar-refractivity contribution in [1.29, 1.82) is 0 Å². The smallest absolute Gasteiger partial charge is 0.203 e. The van der Waals surface area contributed by atoms with Crippen LogP contribution in [0.5, 0.6) is 17.2 Å². The van der Waals surface area contributed by atoms with Crippen LogP contribution in [0.15, 0.2) is 40.9 Å². The van der Waals surface area contributed by atoms with Gasteiger partial charge in [-0.1, -0.05) is 17.3 Å². The maximum Gasteiger partial charge on any atom is 0.203 e. The van der Waals surface area contributed by atoms with Crippen molar-refractivity contribution in [2.45, 2.75) is 0 Å². The van der Waals surface area contributed by atoms with E-state index in [1.54, 1.807) is 33.5 Å². The molecule has 0 radical (unpaired) electrons. The molecule has 130 valence electrons. The van der Waals surface area contributed by atoms with Crippen molar-refractivity contribution in [1.82, 2.24) is 5.16 Å². The lowest BCUT2D eigenvalue weighted by Gasteiger charge is -2.15. The summed E-state index contributed by atoms with van der Waals surface area (Å²) in [6.07, 6.45) is 0. The van der Waals surface area contributed by atoms with Crippen LogP contribution < -0.4 is 24.8 Å². The van der Waals surface area contributed by atoms with Crippen molar-refractivity contribution < 1.29 is 18.7 Å². The number of rotatable bonds is 5. The Morgan fingerprint density at radius 1 is 1.00 bits per heavy atom. The van der Waals surface area contributed by atoms with Crippen molar-refractivity contribution in [3.8, 4) is 17.2 Å². The SMILES string of the molecule is COc1cc(NC(=S)Nc2noc3ccccc23)cc(OC)c1OC. The lowest BCUT2D eigenvalue weighted by atomic mass is 10.2. The molecule has 3 rings (SSSR count). The highest BCUT2D eigenvalue weighted by molar-refractivity contribution is 7.80. The molecule has 0 amide bonds. The maximum absolute atomic E-state index is 5.35. The Labute approximate surface area is 149 Å². The second-order valence-corrected chi connectivity index (χ2v) is 5.43. The normalized spacial score (nSPS) is 10.4. The van der Waals surface area contributed by atoms with E-state index in [9.17, 15) is 0 Å². The van der Waals surface area contributed by atoms with Gasteiger partial charge in [0.1, 0.15) is 0 Å². The summed E-state index contributed by atoms with van der Waals surface area (Å²) in [7, 11) is 4.66. The summed E-state index contributed by atoms with van der Waals surface area (Å²) >= 11 is 5.35. The van der Waals surface area contributed by atoms with E-state index >= 15 is 0 Å². The average molecular weight is 359 g/mol. The molecule has 0 atom stereocenters. The number of hydrogen-bond donors (Lipinski definition) is 2. The second kappa shape index (κ2) is 7.27. The van der Waals surface area contributed by atoms with Crippen LogP contribution in [-0.2, 0) is 0 Å². The first-order valence-electron chi connectivity index (χ1n) is 7.38. The molecule has 25 heavy (non-hydrogen) atoms. The molecule has 0 fully saturated rings. The first-order chi connectivity index (χ1) is 12.2. The highest BCUT2D eigenvalue weighted by Crippen LogP contribution is 2.40. The van der Waals surface area contributed by atoms with Gasteiger partial charge < -0.3 is 29.4 Å². The molecule has 0 saturated heterocycles. The summed E-state index contributed by atoms with van der Waals surface area (Å²) in [6.45, 7) is 0. The van der Waals surface area contributed by atoms with Crippen LogP contribution in [0.25, 0.3) is 11.0 Å².